The topological polar surface area (TPSA) is 55.6 Å². The number of hydrogen-bond donors (Lipinski definition) is 0. The van der Waals surface area contributed by atoms with Crippen LogP contribution in [0.5, 0.6) is 0 Å². The van der Waals surface area contributed by atoms with Gasteiger partial charge in [0.2, 0.25) is 0 Å². The minimum absolute atomic E-state index is 0.0770. The molecule has 0 aromatic heterocycles. The summed E-state index contributed by atoms with van der Waals surface area (Å²) in [5.41, 5.74) is 1.59. The summed E-state index contributed by atoms with van der Waals surface area (Å²) < 4.78 is 5.68. The van der Waals surface area contributed by atoms with Crippen LogP contribution in [0.15, 0.2) is 18.2 Å². The maximum absolute atomic E-state index is 10.9. The van der Waals surface area contributed by atoms with Gasteiger partial charge in [-0.2, -0.15) is 0 Å². The quantitative estimate of drug-likeness (QED) is 0.486. The van der Waals surface area contributed by atoms with Gasteiger partial charge in [0.1, 0.15) is 0 Å². The van der Waals surface area contributed by atoms with E-state index in [-0.39, 0.29) is 23.8 Å². The van der Waals surface area contributed by atoms with E-state index in [4.69, 9.17) is 16.3 Å². The highest BCUT2D eigenvalue weighted by molar-refractivity contribution is 6.17. The Morgan fingerprint density at radius 1 is 1.42 bits per heavy atom. The van der Waals surface area contributed by atoms with E-state index >= 15 is 0 Å². The van der Waals surface area contributed by atoms with E-state index in [2.05, 4.69) is 4.90 Å². The number of morpholine rings is 1. The molecule has 1 aliphatic rings. The van der Waals surface area contributed by atoms with Gasteiger partial charge in [-0.15, -0.1) is 11.6 Å². The zero-order chi connectivity index (χ0) is 14.0. The lowest BCUT2D eigenvalue weighted by molar-refractivity contribution is -0.385. The van der Waals surface area contributed by atoms with E-state index in [0.717, 1.165) is 18.8 Å². The lowest BCUT2D eigenvalue weighted by Gasteiger charge is -2.37. The number of benzene rings is 1. The fourth-order valence-corrected chi connectivity index (χ4v) is 2.66. The van der Waals surface area contributed by atoms with Crippen LogP contribution >= 0.6 is 11.6 Å². The number of nitro groups is 1. The molecule has 2 unspecified atom stereocenters. The van der Waals surface area contributed by atoms with Gasteiger partial charge in [0, 0.05) is 30.4 Å². The molecule has 5 nitrogen and oxygen atoms in total. The van der Waals surface area contributed by atoms with Crippen LogP contribution in [0.3, 0.4) is 0 Å². The second-order valence-electron chi connectivity index (χ2n) is 4.87. The van der Waals surface area contributed by atoms with Crippen LogP contribution in [0.25, 0.3) is 0 Å². The van der Waals surface area contributed by atoms with Crippen LogP contribution in [0, 0.1) is 10.1 Å². The van der Waals surface area contributed by atoms with Crippen molar-refractivity contribution < 1.29 is 9.66 Å². The van der Waals surface area contributed by atoms with Gasteiger partial charge in [-0.05, 0) is 26.0 Å². The third kappa shape index (κ3) is 3.16. The summed E-state index contributed by atoms with van der Waals surface area (Å²) in [6.07, 6.45) is 0.303. The van der Waals surface area contributed by atoms with Gasteiger partial charge in [0.15, 0.2) is 0 Å². The smallest absolute Gasteiger partial charge is 0.273 e. The molecule has 0 amide bonds. The summed E-state index contributed by atoms with van der Waals surface area (Å²) in [6, 6.07) is 5.10. The fraction of sp³-hybridized carbons (Fsp3) is 0.538. The number of nitrogens with zero attached hydrogens (tertiary/aromatic N) is 2. The highest BCUT2D eigenvalue weighted by Crippen LogP contribution is 2.28. The van der Waals surface area contributed by atoms with Crippen LogP contribution in [0.4, 0.5) is 11.4 Å². The fourth-order valence-electron chi connectivity index (χ4n) is 2.44. The van der Waals surface area contributed by atoms with Crippen LogP contribution in [-0.2, 0) is 10.6 Å². The van der Waals surface area contributed by atoms with Crippen molar-refractivity contribution in [2.24, 2.45) is 0 Å². The van der Waals surface area contributed by atoms with E-state index in [1.807, 2.05) is 13.8 Å². The standard InChI is InChI=1S/C13H17ClN2O3/c1-9-7-15(8-10(2)19-9)12-3-4-13(16(17)18)11(5-12)6-14/h3-5,9-10H,6-8H2,1-2H3. The second-order valence-corrected chi connectivity index (χ2v) is 5.13. The summed E-state index contributed by atoms with van der Waals surface area (Å²) in [5, 5.41) is 10.9. The largest absolute Gasteiger partial charge is 0.372 e. The molecule has 0 bridgehead atoms. The normalized spacial score (nSPS) is 23.4. The highest BCUT2D eigenvalue weighted by atomic mass is 35.5. The Morgan fingerprint density at radius 3 is 2.58 bits per heavy atom. The molecule has 19 heavy (non-hydrogen) atoms. The number of hydrogen-bond acceptors (Lipinski definition) is 4. The van der Waals surface area contributed by atoms with Gasteiger partial charge >= 0.3 is 0 Å². The van der Waals surface area contributed by atoms with E-state index < -0.39 is 4.92 Å². The Bertz CT molecular complexity index is 471. The van der Waals surface area contributed by atoms with Crippen molar-refractivity contribution >= 4 is 23.0 Å². The molecular weight excluding hydrogens is 268 g/mol. The SMILES string of the molecule is CC1CN(c2ccc([N+](=O)[O-])c(CCl)c2)CC(C)O1. The first-order valence-corrected chi connectivity index (χ1v) is 6.78. The molecular formula is C13H17ClN2O3. The van der Waals surface area contributed by atoms with Crippen LogP contribution in [-0.4, -0.2) is 30.2 Å². The van der Waals surface area contributed by atoms with Gasteiger partial charge in [-0.25, -0.2) is 0 Å². The summed E-state index contributed by atoms with van der Waals surface area (Å²) in [7, 11) is 0. The van der Waals surface area contributed by atoms with E-state index in [1.54, 1.807) is 12.1 Å². The number of ether oxygens (including phenoxy) is 1. The van der Waals surface area contributed by atoms with Crippen LogP contribution in [0.2, 0.25) is 0 Å². The molecule has 1 fully saturated rings. The predicted molar refractivity (Wildman–Crippen MR) is 74.9 cm³/mol. The number of alkyl halides is 1. The molecule has 1 aromatic rings. The number of halogens is 1. The van der Waals surface area contributed by atoms with Gasteiger partial charge in [0.25, 0.3) is 5.69 Å². The molecule has 6 heteroatoms. The van der Waals surface area contributed by atoms with E-state index in [9.17, 15) is 10.1 Å². The first-order valence-electron chi connectivity index (χ1n) is 6.25. The molecule has 0 N–H and O–H groups in total. The molecule has 2 atom stereocenters. The Kier molecular flexibility index (Phi) is 4.27. The molecule has 1 aromatic carbocycles. The minimum atomic E-state index is -0.397. The van der Waals surface area contributed by atoms with Crippen molar-refractivity contribution in [3.8, 4) is 0 Å². The maximum Gasteiger partial charge on any atom is 0.273 e. The Balaban J connectivity index is 2.27. The third-order valence-electron chi connectivity index (χ3n) is 3.19. The van der Waals surface area contributed by atoms with Crippen molar-refractivity contribution in [2.75, 3.05) is 18.0 Å². The van der Waals surface area contributed by atoms with Crippen molar-refractivity contribution in [1.29, 1.82) is 0 Å². The summed E-state index contributed by atoms with van der Waals surface area (Å²) in [5.74, 6) is 0.138. The van der Waals surface area contributed by atoms with E-state index in [1.165, 1.54) is 6.07 Å². The van der Waals surface area contributed by atoms with Crippen molar-refractivity contribution in [3.63, 3.8) is 0 Å². The summed E-state index contributed by atoms with van der Waals surface area (Å²) in [4.78, 5) is 12.7. The molecule has 104 valence electrons. The van der Waals surface area contributed by atoms with Gasteiger partial charge in [0.05, 0.1) is 23.0 Å². The molecule has 0 radical (unpaired) electrons. The van der Waals surface area contributed by atoms with Crippen molar-refractivity contribution in [3.05, 3.63) is 33.9 Å². The van der Waals surface area contributed by atoms with Crippen LogP contribution < -0.4 is 4.90 Å². The molecule has 1 saturated heterocycles. The summed E-state index contributed by atoms with van der Waals surface area (Å²) >= 11 is 5.80. The van der Waals surface area contributed by atoms with Crippen molar-refractivity contribution in [1.82, 2.24) is 0 Å². The molecule has 0 saturated carbocycles. The van der Waals surface area contributed by atoms with Gasteiger partial charge in [-0.1, -0.05) is 0 Å². The molecule has 0 aliphatic carbocycles. The monoisotopic (exact) mass is 284 g/mol. The van der Waals surface area contributed by atoms with E-state index in [0.29, 0.717) is 5.56 Å². The molecule has 1 aliphatic heterocycles. The third-order valence-corrected chi connectivity index (χ3v) is 3.48. The van der Waals surface area contributed by atoms with Crippen molar-refractivity contribution in [2.45, 2.75) is 31.9 Å². The number of anilines is 1. The Morgan fingerprint density at radius 2 is 2.05 bits per heavy atom. The first kappa shape index (κ1) is 14.1. The lowest BCUT2D eigenvalue weighted by atomic mass is 10.1. The molecule has 1 heterocycles. The average molecular weight is 285 g/mol. The average Bonchev–Trinajstić information content (AvgIpc) is 2.36. The zero-order valence-corrected chi connectivity index (χ0v) is 11.8. The Hall–Kier alpha value is -1.33. The first-order chi connectivity index (χ1) is 9.01. The van der Waals surface area contributed by atoms with Gasteiger partial charge in [-0.3, -0.25) is 10.1 Å². The van der Waals surface area contributed by atoms with Crippen LogP contribution in [0.1, 0.15) is 19.4 Å². The summed E-state index contributed by atoms with van der Waals surface area (Å²) in [6.45, 7) is 5.61. The predicted octanol–water partition coefficient (Wildman–Crippen LogP) is 2.95. The minimum Gasteiger partial charge on any atom is -0.372 e. The zero-order valence-electron chi connectivity index (χ0n) is 11.0. The lowest BCUT2D eigenvalue weighted by Crippen LogP contribution is -2.45. The van der Waals surface area contributed by atoms with Gasteiger partial charge < -0.3 is 9.64 Å². The molecule has 0 spiro atoms. The maximum atomic E-state index is 10.9. The number of nitro benzene ring substituents is 1. The Labute approximate surface area is 117 Å². The highest BCUT2D eigenvalue weighted by Gasteiger charge is 2.23. The second kappa shape index (κ2) is 5.75. The molecule has 2 rings (SSSR count). The number of rotatable bonds is 3.